The van der Waals surface area contributed by atoms with Crippen LogP contribution < -0.4 is 11.1 Å². The number of nitrogens with one attached hydrogen (secondary N) is 1. The van der Waals surface area contributed by atoms with Gasteiger partial charge in [0, 0.05) is 5.69 Å². The van der Waals surface area contributed by atoms with E-state index in [1.54, 1.807) is 24.6 Å². The number of carbonyl (C=O) groups excluding carboxylic acids is 1. The Hall–Kier alpha value is -3.68. The zero-order chi connectivity index (χ0) is 17.2. The van der Waals surface area contributed by atoms with Gasteiger partial charge in [0.2, 0.25) is 11.9 Å². The molecule has 8 heteroatoms. The van der Waals surface area contributed by atoms with E-state index in [1.807, 2.05) is 30.3 Å². The highest BCUT2D eigenvalue weighted by Crippen LogP contribution is 2.26. The topological polar surface area (TPSA) is 112 Å². The zero-order valence-corrected chi connectivity index (χ0v) is 13.1. The van der Waals surface area contributed by atoms with Crippen molar-refractivity contribution in [3.63, 3.8) is 0 Å². The Morgan fingerprint density at radius 1 is 1.16 bits per heavy atom. The highest BCUT2D eigenvalue weighted by Gasteiger charge is 2.16. The summed E-state index contributed by atoms with van der Waals surface area (Å²) in [5.74, 6) is 0.435. The number of para-hydroxylation sites is 1. The summed E-state index contributed by atoms with van der Waals surface area (Å²) < 4.78 is 6.87. The maximum Gasteiger partial charge on any atom is 0.246 e. The van der Waals surface area contributed by atoms with Crippen molar-refractivity contribution in [3.8, 4) is 11.5 Å². The SMILES string of the molecule is Nc1nc(-c2ccco2)c2cnn(CC(=O)Nc3ccccc3)c2n1. The summed E-state index contributed by atoms with van der Waals surface area (Å²) in [4.78, 5) is 20.7. The molecule has 4 rings (SSSR count). The Kier molecular flexibility index (Phi) is 3.62. The standard InChI is InChI=1S/C17H14N6O2/c18-17-21-15(13-7-4-8-25-13)12-9-19-23(16(12)22-17)10-14(24)20-11-5-2-1-3-6-11/h1-9H,10H2,(H,20,24)(H2,18,21,22). The van der Waals surface area contributed by atoms with Gasteiger partial charge in [-0.05, 0) is 24.3 Å². The van der Waals surface area contributed by atoms with Crippen molar-refractivity contribution < 1.29 is 9.21 Å². The molecule has 3 N–H and O–H groups in total. The molecule has 1 aromatic carbocycles. The zero-order valence-electron chi connectivity index (χ0n) is 13.1. The van der Waals surface area contributed by atoms with Gasteiger partial charge in [0.1, 0.15) is 12.2 Å². The molecule has 4 aromatic rings. The van der Waals surface area contributed by atoms with E-state index >= 15 is 0 Å². The molecule has 0 saturated carbocycles. The number of nitrogen functional groups attached to an aromatic ring is 1. The molecule has 0 fully saturated rings. The van der Waals surface area contributed by atoms with E-state index in [-0.39, 0.29) is 18.4 Å². The first-order valence-electron chi connectivity index (χ1n) is 7.58. The number of amides is 1. The lowest BCUT2D eigenvalue weighted by Crippen LogP contribution is -2.19. The lowest BCUT2D eigenvalue weighted by Gasteiger charge is -2.06. The minimum Gasteiger partial charge on any atom is -0.463 e. The molecule has 1 amide bonds. The number of aromatic nitrogens is 4. The molecular weight excluding hydrogens is 320 g/mol. The van der Waals surface area contributed by atoms with Gasteiger partial charge in [-0.25, -0.2) is 9.67 Å². The molecule has 8 nitrogen and oxygen atoms in total. The van der Waals surface area contributed by atoms with Crippen LogP contribution in [0.4, 0.5) is 11.6 Å². The summed E-state index contributed by atoms with van der Waals surface area (Å²) >= 11 is 0. The number of rotatable bonds is 4. The van der Waals surface area contributed by atoms with Gasteiger partial charge >= 0.3 is 0 Å². The number of nitrogens with two attached hydrogens (primary N) is 1. The minimum atomic E-state index is -0.215. The maximum atomic E-state index is 12.3. The smallest absolute Gasteiger partial charge is 0.246 e. The molecular formula is C17H14N6O2. The molecule has 0 atom stereocenters. The average molecular weight is 334 g/mol. The summed E-state index contributed by atoms with van der Waals surface area (Å²) in [5, 5.41) is 7.72. The number of benzene rings is 1. The Labute approximate surface area is 142 Å². The third kappa shape index (κ3) is 2.92. The van der Waals surface area contributed by atoms with Crippen LogP contribution >= 0.6 is 0 Å². The summed E-state index contributed by atoms with van der Waals surface area (Å²) in [7, 11) is 0. The van der Waals surface area contributed by atoms with E-state index in [4.69, 9.17) is 10.2 Å². The van der Waals surface area contributed by atoms with Crippen LogP contribution in [-0.4, -0.2) is 25.7 Å². The molecule has 0 unspecified atom stereocenters. The van der Waals surface area contributed by atoms with Crippen LogP contribution in [0.25, 0.3) is 22.5 Å². The van der Waals surface area contributed by atoms with Gasteiger partial charge in [0.25, 0.3) is 0 Å². The normalized spacial score (nSPS) is 10.9. The minimum absolute atomic E-state index is 0.00639. The van der Waals surface area contributed by atoms with Crippen molar-refractivity contribution in [3.05, 3.63) is 54.9 Å². The van der Waals surface area contributed by atoms with Crippen LogP contribution in [-0.2, 0) is 11.3 Å². The predicted octanol–water partition coefficient (Wildman–Crippen LogP) is 2.31. The Morgan fingerprint density at radius 2 is 2.00 bits per heavy atom. The number of anilines is 2. The number of furan rings is 1. The number of hydrogen-bond acceptors (Lipinski definition) is 6. The van der Waals surface area contributed by atoms with Gasteiger partial charge in [-0.1, -0.05) is 18.2 Å². The number of hydrogen-bond donors (Lipinski definition) is 2. The van der Waals surface area contributed by atoms with Crippen molar-refractivity contribution in [1.29, 1.82) is 0 Å². The second-order valence-corrected chi connectivity index (χ2v) is 5.36. The van der Waals surface area contributed by atoms with Gasteiger partial charge in [-0.3, -0.25) is 4.79 Å². The van der Waals surface area contributed by atoms with E-state index in [0.29, 0.717) is 22.5 Å². The molecule has 0 aliphatic heterocycles. The molecule has 0 radical (unpaired) electrons. The summed E-state index contributed by atoms with van der Waals surface area (Å²) in [6.45, 7) is 0.00639. The van der Waals surface area contributed by atoms with E-state index in [9.17, 15) is 4.79 Å². The third-order valence-corrected chi connectivity index (χ3v) is 3.62. The maximum absolute atomic E-state index is 12.3. The van der Waals surface area contributed by atoms with Crippen molar-refractivity contribution in [1.82, 2.24) is 19.7 Å². The van der Waals surface area contributed by atoms with Crippen LogP contribution in [0.1, 0.15) is 0 Å². The second-order valence-electron chi connectivity index (χ2n) is 5.36. The van der Waals surface area contributed by atoms with Gasteiger partial charge in [-0.2, -0.15) is 10.1 Å². The lowest BCUT2D eigenvalue weighted by molar-refractivity contribution is -0.116. The molecule has 0 saturated heterocycles. The fraction of sp³-hybridized carbons (Fsp3) is 0.0588. The Bertz CT molecular complexity index is 1020. The second kappa shape index (κ2) is 6.08. The quantitative estimate of drug-likeness (QED) is 0.592. The number of fused-ring (bicyclic) bond motifs is 1. The number of nitrogens with zero attached hydrogens (tertiary/aromatic N) is 4. The Morgan fingerprint density at radius 3 is 2.76 bits per heavy atom. The van der Waals surface area contributed by atoms with Crippen molar-refractivity contribution >= 4 is 28.6 Å². The molecule has 0 aliphatic rings. The third-order valence-electron chi connectivity index (χ3n) is 3.62. The van der Waals surface area contributed by atoms with Crippen molar-refractivity contribution in [2.45, 2.75) is 6.54 Å². The fourth-order valence-electron chi connectivity index (χ4n) is 2.55. The molecule has 0 spiro atoms. The highest BCUT2D eigenvalue weighted by molar-refractivity contribution is 5.93. The summed E-state index contributed by atoms with van der Waals surface area (Å²) in [6.07, 6.45) is 3.15. The van der Waals surface area contributed by atoms with E-state index in [2.05, 4.69) is 20.4 Å². The van der Waals surface area contributed by atoms with Crippen LogP contribution in [0.3, 0.4) is 0 Å². The molecule has 0 aliphatic carbocycles. The van der Waals surface area contributed by atoms with E-state index in [0.717, 1.165) is 5.69 Å². The summed E-state index contributed by atoms with van der Waals surface area (Å²) in [6, 6.07) is 12.7. The lowest BCUT2D eigenvalue weighted by atomic mass is 10.2. The van der Waals surface area contributed by atoms with Crippen molar-refractivity contribution in [2.24, 2.45) is 0 Å². The van der Waals surface area contributed by atoms with Crippen LogP contribution in [0, 0.1) is 0 Å². The molecule has 3 aromatic heterocycles. The largest absolute Gasteiger partial charge is 0.463 e. The highest BCUT2D eigenvalue weighted by atomic mass is 16.3. The summed E-state index contributed by atoms with van der Waals surface area (Å²) in [5.41, 5.74) is 7.54. The molecule has 0 bridgehead atoms. The molecule has 25 heavy (non-hydrogen) atoms. The number of carbonyl (C=O) groups is 1. The van der Waals surface area contributed by atoms with Crippen molar-refractivity contribution in [2.75, 3.05) is 11.1 Å². The van der Waals surface area contributed by atoms with Gasteiger partial charge < -0.3 is 15.5 Å². The first-order valence-corrected chi connectivity index (χ1v) is 7.58. The Balaban J connectivity index is 1.66. The average Bonchev–Trinajstić information content (AvgIpc) is 3.26. The molecule has 124 valence electrons. The predicted molar refractivity (Wildman–Crippen MR) is 92.5 cm³/mol. The first-order chi connectivity index (χ1) is 12.2. The van der Waals surface area contributed by atoms with E-state index < -0.39 is 0 Å². The first kappa shape index (κ1) is 14.9. The fourth-order valence-corrected chi connectivity index (χ4v) is 2.55. The van der Waals surface area contributed by atoms with Crippen LogP contribution in [0.15, 0.2) is 59.3 Å². The molecule has 3 heterocycles. The van der Waals surface area contributed by atoms with Crippen LogP contribution in [0.5, 0.6) is 0 Å². The van der Waals surface area contributed by atoms with Gasteiger partial charge in [0.15, 0.2) is 11.4 Å². The van der Waals surface area contributed by atoms with Gasteiger partial charge in [0.05, 0.1) is 17.8 Å². The van der Waals surface area contributed by atoms with Gasteiger partial charge in [-0.15, -0.1) is 0 Å². The van der Waals surface area contributed by atoms with Crippen LogP contribution in [0.2, 0.25) is 0 Å². The monoisotopic (exact) mass is 334 g/mol. The van der Waals surface area contributed by atoms with E-state index in [1.165, 1.54) is 4.68 Å².